The number of esters is 2. The fourth-order valence-electron chi connectivity index (χ4n) is 2.79. The first-order chi connectivity index (χ1) is 12.1. The van der Waals surface area contributed by atoms with E-state index in [9.17, 15) is 9.59 Å². The highest BCUT2D eigenvalue weighted by atomic mass is 16.6. The maximum absolute atomic E-state index is 12.5. The van der Waals surface area contributed by atoms with Gasteiger partial charge in [0, 0.05) is 0 Å². The highest BCUT2D eigenvalue weighted by Crippen LogP contribution is 2.30. The summed E-state index contributed by atoms with van der Waals surface area (Å²) in [5, 5.41) is 0. The fraction of sp³-hybridized carbons (Fsp3) is 0.619. The van der Waals surface area contributed by atoms with E-state index in [0.717, 1.165) is 32.1 Å². The third-order valence-corrected chi connectivity index (χ3v) is 4.66. The third-order valence-electron chi connectivity index (χ3n) is 4.66. The molecule has 0 aliphatic carbocycles. The number of ether oxygens (including phenoxy) is 2. The SMILES string of the molecule is CCCCCOC(=O)C(CC)(CC)C(=O)OCCCc1ccccc1. The molecule has 4 nitrogen and oxygen atoms in total. The molecule has 0 heterocycles. The smallest absolute Gasteiger partial charge is 0.323 e. The summed E-state index contributed by atoms with van der Waals surface area (Å²) in [6.07, 6.45) is 5.29. The molecular weight excluding hydrogens is 316 g/mol. The van der Waals surface area contributed by atoms with E-state index in [1.165, 1.54) is 5.56 Å². The second-order valence-electron chi connectivity index (χ2n) is 6.36. The molecule has 0 spiro atoms. The van der Waals surface area contributed by atoms with Crippen LogP contribution in [0.3, 0.4) is 0 Å². The summed E-state index contributed by atoms with van der Waals surface area (Å²) < 4.78 is 10.8. The van der Waals surface area contributed by atoms with Gasteiger partial charge in [-0.15, -0.1) is 0 Å². The summed E-state index contributed by atoms with van der Waals surface area (Å²) in [6, 6.07) is 10.1. The van der Waals surface area contributed by atoms with Gasteiger partial charge in [0.15, 0.2) is 5.41 Å². The number of carbonyl (C=O) groups is 2. The Morgan fingerprint density at radius 3 is 1.92 bits per heavy atom. The number of rotatable bonds is 12. The molecule has 0 radical (unpaired) electrons. The van der Waals surface area contributed by atoms with Crippen LogP contribution in [0, 0.1) is 5.41 Å². The predicted octanol–water partition coefficient (Wildman–Crippen LogP) is 4.70. The lowest BCUT2D eigenvalue weighted by atomic mass is 9.82. The Hall–Kier alpha value is -1.84. The lowest BCUT2D eigenvalue weighted by Gasteiger charge is -2.27. The topological polar surface area (TPSA) is 52.6 Å². The third kappa shape index (κ3) is 6.52. The number of hydrogen-bond donors (Lipinski definition) is 0. The number of carbonyl (C=O) groups excluding carboxylic acids is 2. The molecule has 0 amide bonds. The van der Waals surface area contributed by atoms with E-state index in [0.29, 0.717) is 26.1 Å². The van der Waals surface area contributed by atoms with Crippen molar-refractivity contribution in [1.82, 2.24) is 0 Å². The fourth-order valence-corrected chi connectivity index (χ4v) is 2.79. The number of benzene rings is 1. The molecule has 0 fully saturated rings. The van der Waals surface area contributed by atoms with Crippen molar-refractivity contribution >= 4 is 11.9 Å². The van der Waals surface area contributed by atoms with E-state index in [1.807, 2.05) is 32.0 Å². The van der Waals surface area contributed by atoms with Crippen molar-refractivity contribution in [3.8, 4) is 0 Å². The van der Waals surface area contributed by atoms with Gasteiger partial charge in [-0.3, -0.25) is 9.59 Å². The van der Waals surface area contributed by atoms with Crippen LogP contribution in [0.5, 0.6) is 0 Å². The van der Waals surface area contributed by atoms with Gasteiger partial charge in [0.1, 0.15) is 0 Å². The summed E-state index contributed by atoms with van der Waals surface area (Å²) in [4.78, 5) is 25.0. The molecule has 0 aliphatic heterocycles. The molecule has 1 aromatic rings. The maximum Gasteiger partial charge on any atom is 0.323 e. The van der Waals surface area contributed by atoms with Gasteiger partial charge >= 0.3 is 11.9 Å². The Kier molecular flexibility index (Phi) is 9.90. The lowest BCUT2D eigenvalue weighted by molar-refractivity contribution is -0.173. The quantitative estimate of drug-likeness (QED) is 0.312. The van der Waals surface area contributed by atoms with Crippen molar-refractivity contribution in [2.24, 2.45) is 5.41 Å². The van der Waals surface area contributed by atoms with Crippen molar-refractivity contribution < 1.29 is 19.1 Å². The highest BCUT2D eigenvalue weighted by molar-refractivity contribution is 5.99. The van der Waals surface area contributed by atoms with Crippen molar-refractivity contribution in [2.45, 2.75) is 65.7 Å². The molecule has 0 N–H and O–H groups in total. The van der Waals surface area contributed by atoms with Crippen LogP contribution in [0.15, 0.2) is 30.3 Å². The second kappa shape index (κ2) is 11.7. The van der Waals surface area contributed by atoms with Gasteiger partial charge < -0.3 is 9.47 Å². The molecule has 4 heteroatoms. The summed E-state index contributed by atoms with van der Waals surface area (Å²) >= 11 is 0. The first-order valence-electron chi connectivity index (χ1n) is 9.49. The summed E-state index contributed by atoms with van der Waals surface area (Å²) in [5.74, 6) is -0.896. The first kappa shape index (κ1) is 21.2. The minimum atomic E-state index is -1.17. The van der Waals surface area contributed by atoms with Crippen LogP contribution in [0.2, 0.25) is 0 Å². The van der Waals surface area contributed by atoms with E-state index in [-0.39, 0.29) is 0 Å². The van der Waals surface area contributed by atoms with Gasteiger partial charge in [0.2, 0.25) is 0 Å². The minimum Gasteiger partial charge on any atom is -0.465 e. The normalized spacial score (nSPS) is 11.2. The van der Waals surface area contributed by atoms with Crippen LogP contribution in [0.4, 0.5) is 0 Å². The van der Waals surface area contributed by atoms with Gasteiger partial charge in [0.25, 0.3) is 0 Å². The molecule has 1 aromatic carbocycles. The van der Waals surface area contributed by atoms with Crippen LogP contribution in [0.25, 0.3) is 0 Å². The van der Waals surface area contributed by atoms with Gasteiger partial charge in [-0.1, -0.05) is 63.9 Å². The minimum absolute atomic E-state index is 0.318. The van der Waals surface area contributed by atoms with E-state index in [2.05, 4.69) is 19.1 Å². The van der Waals surface area contributed by atoms with Gasteiger partial charge in [-0.05, 0) is 37.7 Å². The van der Waals surface area contributed by atoms with E-state index >= 15 is 0 Å². The Morgan fingerprint density at radius 2 is 1.40 bits per heavy atom. The van der Waals surface area contributed by atoms with Crippen LogP contribution in [-0.2, 0) is 25.5 Å². The number of hydrogen-bond acceptors (Lipinski definition) is 4. The molecule has 1 rings (SSSR count). The highest BCUT2D eigenvalue weighted by Gasteiger charge is 2.45. The van der Waals surface area contributed by atoms with Crippen LogP contribution in [0.1, 0.15) is 64.9 Å². The summed E-state index contributed by atoms with van der Waals surface area (Å²) in [6.45, 7) is 6.45. The zero-order chi connectivity index (χ0) is 18.5. The number of unbranched alkanes of at least 4 members (excludes halogenated alkanes) is 2. The Balaban J connectivity index is 2.49. The molecule has 0 saturated heterocycles. The van der Waals surface area contributed by atoms with E-state index < -0.39 is 17.4 Å². The van der Waals surface area contributed by atoms with Crippen molar-refractivity contribution in [1.29, 1.82) is 0 Å². The maximum atomic E-state index is 12.5. The number of aryl methyl sites for hydroxylation is 1. The predicted molar refractivity (Wildman–Crippen MR) is 99.2 cm³/mol. The molecule has 25 heavy (non-hydrogen) atoms. The molecule has 0 saturated carbocycles. The van der Waals surface area contributed by atoms with Gasteiger partial charge in [-0.25, -0.2) is 0 Å². The molecule has 0 atom stereocenters. The Morgan fingerprint density at radius 1 is 0.840 bits per heavy atom. The van der Waals surface area contributed by atoms with Crippen molar-refractivity contribution in [3.63, 3.8) is 0 Å². The molecule has 0 unspecified atom stereocenters. The van der Waals surface area contributed by atoms with Crippen molar-refractivity contribution in [3.05, 3.63) is 35.9 Å². The van der Waals surface area contributed by atoms with E-state index in [1.54, 1.807) is 0 Å². The monoisotopic (exact) mass is 348 g/mol. The molecule has 140 valence electrons. The lowest BCUT2D eigenvalue weighted by Crippen LogP contribution is -2.41. The van der Waals surface area contributed by atoms with Gasteiger partial charge in [0.05, 0.1) is 13.2 Å². The Labute approximate surface area is 151 Å². The van der Waals surface area contributed by atoms with Crippen LogP contribution < -0.4 is 0 Å². The summed E-state index contributed by atoms with van der Waals surface area (Å²) in [5.41, 5.74) is 0.0463. The standard InChI is InChI=1S/C21H32O4/c1-4-7-11-16-24-19(22)21(5-2,6-3)20(23)25-17-12-15-18-13-9-8-10-14-18/h8-10,13-14H,4-7,11-12,15-17H2,1-3H3. The van der Waals surface area contributed by atoms with Gasteiger partial charge in [-0.2, -0.15) is 0 Å². The van der Waals surface area contributed by atoms with E-state index in [4.69, 9.17) is 9.47 Å². The van der Waals surface area contributed by atoms with Crippen LogP contribution >= 0.6 is 0 Å². The molecule has 0 aromatic heterocycles. The zero-order valence-electron chi connectivity index (χ0n) is 15.9. The zero-order valence-corrected chi connectivity index (χ0v) is 15.9. The second-order valence-corrected chi connectivity index (χ2v) is 6.36. The molecular formula is C21H32O4. The largest absolute Gasteiger partial charge is 0.465 e. The first-order valence-corrected chi connectivity index (χ1v) is 9.49. The van der Waals surface area contributed by atoms with Crippen LogP contribution in [-0.4, -0.2) is 25.2 Å². The van der Waals surface area contributed by atoms with Crippen molar-refractivity contribution in [2.75, 3.05) is 13.2 Å². The average Bonchev–Trinajstić information content (AvgIpc) is 2.64. The molecule has 0 bridgehead atoms. The molecule has 0 aliphatic rings. The average molecular weight is 348 g/mol. The summed E-state index contributed by atoms with van der Waals surface area (Å²) in [7, 11) is 0. The Bertz CT molecular complexity index is 506.